The van der Waals surface area contributed by atoms with E-state index in [9.17, 15) is 0 Å². The summed E-state index contributed by atoms with van der Waals surface area (Å²) in [5, 5.41) is 0. The minimum Gasteiger partial charge on any atom is -0.237 e. The summed E-state index contributed by atoms with van der Waals surface area (Å²) in [5.74, 6) is 1.67. The van der Waals surface area contributed by atoms with Gasteiger partial charge in [0.2, 0.25) is 0 Å². The molecular weight excluding hydrogens is 160 g/mol. The molecule has 0 bridgehead atoms. The summed E-state index contributed by atoms with van der Waals surface area (Å²) in [4.78, 5) is 8.87. The average Bonchev–Trinajstić information content (AvgIpc) is 3.00. The Morgan fingerprint density at radius 1 is 1.31 bits per heavy atom. The van der Waals surface area contributed by atoms with Crippen molar-refractivity contribution < 1.29 is 0 Å². The third-order valence-electron chi connectivity index (χ3n) is 2.53. The zero-order valence-electron chi connectivity index (χ0n) is 8.30. The van der Waals surface area contributed by atoms with Crippen LogP contribution in [-0.2, 0) is 12.8 Å². The standard InChI is InChI=1S/C11H15N2/c1-3-8-7-12-11(9-5-6-9)13-10(8)4-2/h9H,3-6H2,1-2H3. The SMILES string of the molecule is CCc1[c]nc(C2CC2)nc1CC. The molecule has 0 aromatic carbocycles. The van der Waals surface area contributed by atoms with E-state index in [1.807, 2.05) is 0 Å². The predicted octanol–water partition coefficient (Wildman–Crippen LogP) is 2.28. The van der Waals surface area contributed by atoms with Gasteiger partial charge >= 0.3 is 0 Å². The predicted molar refractivity (Wildman–Crippen MR) is 51.6 cm³/mol. The van der Waals surface area contributed by atoms with Crippen molar-refractivity contribution in [2.24, 2.45) is 0 Å². The third-order valence-corrected chi connectivity index (χ3v) is 2.53. The molecule has 1 radical (unpaired) electrons. The van der Waals surface area contributed by atoms with Crippen LogP contribution in [0.25, 0.3) is 0 Å². The van der Waals surface area contributed by atoms with Gasteiger partial charge in [0, 0.05) is 17.2 Å². The molecule has 2 rings (SSSR count). The molecule has 1 aromatic heterocycles. The molecule has 1 aromatic rings. The summed E-state index contributed by atoms with van der Waals surface area (Å²) in [5.41, 5.74) is 2.38. The summed E-state index contributed by atoms with van der Waals surface area (Å²) < 4.78 is 0. The molecule has 69 valence electrons. The van der Waals surface area contributed by atoms with Gasteiger partial charge in [0.25, 0.3) is 0 Å². The molecule has 0 saturated heterocycles. The molecule has 1 aliphatic rings. The van der Waals surface area contributed by atoms with Crippen LogP contribution in [0, 0.1) is 6.20 Å². The Morgan fingerprint density at radius 3 is 2.62 bits per heavy atom. The van der Waals surface area contributed by atoms with Gasteiger partial charge < -0.3 is 0 Å². The van der Waals surface area contributed by atoms with E-state index in [1.54, 1.807) is 0 Å². The first kappa shape index (κ1) is 8.67. The largest absolute Gasteiger partial charge is 0.237 e. The summed E-state index contributed by atoms with van der Waals surface area (Å²) in [6, 6.07) is 0. The highest BCUT2D eigenvalue weighted by Gasteiger charge is 2.26. The lowest BCUT2D eigenvalue weighted by molar-refractivity contribution is 0.843. The quantitative estimate of drug-likeness (QED) is 0.704. The lowest BCUT2D eigenvalue weighted by atomic mass is 10.1. The molecule has 1 heterocycles. The Morgan fingerprint density at radius 2 is 2.08 bits per heavy atom. The van der Waals surface area contributed by atoms with Gasteiger partial charge in [0.15, 0.2) is 0 Å². The van der Waals surface area contributed by atoms with E-state index in [1.165, 1.54) is 24.1 Å². The first-order valence-electron chi connectivity index (χ1n) is 5.12. The maximum atomic E-state index is 4.58. The van der Waals surface area contributed by atoms with E-state index in [0.717, 1.165) is 18.7 Å². The highest BCUT2D eigenvalue weighted by atomic mass is 14.9. The molecule has 1 aliphatic carbocycles. The highest BCUT2D eigenvalue weighted by Crippen LogP contribution is 2.37. The number of rotatable bonds is 3. The number of hydrogen-bond acceptors (Lipinski definition) is 2. The molecule has 0 N–H and O–H groups in total. The van der Waals surface area contributed by atoms with Crippen molar-refractivity contribution in [1.82, 2.24) is 9.97 Å². The van der Waals surface area contributed by atoms with Crippen LogP contribution in [0.2, 0.25) is 0 Å². The molecule has 0 unspecified atom stereocenters. The van der Waals surface area contributed by atoms with Crippen LogP contribution in [-0.4, -0.2) is 9.97 Å². The normalized spacial score (nSPS) is 16.2. The zero-order valence-corrected chi connectivity index (χ0v) is 8.30. The fourth-order valence-corrected chi connectivity index (χ4v) is 1.52. The Labute approximate surface area is 79.4 Å². The molecule has 0 aliphatic heterocycles. The molecule has 2 heteroatoms. The number of hydrogen-bond donors (Lipinski definition) is 0. The molecular formula is C11H15N2. The van der Waals surface area contributed by atoms with E-state index in [4.69, 9.17) is 0 Å². The highest BCUT2D eigenvalue weighted by molar-refractivity contribution is 5.19. The van der Waals surface area contributed by atoms with Gasteiger partial charge in [-0.1, -0.05) is 13.8 Å². The van der Waals surface area contributed by atoms with Crippen LogP contribution in [0.5, 0.6) is 0 Å². The van der Waals surface area contributed by atoms with Crippen LogP contribution >= 0.6 is 0 Å². The summed E-state index contributed by atoms with van der Waals surface area (Å²) in [7, 11) is 0. The summed E-state index contributed by atoms with van der Waals surface area (Å²) in [6.07, 6.45) is 7.64. The lowest BCUT2D eigenvalue weighted by Gasteiger charge is -2.04. The lowest BCUT2D eigenvalue weighted by Crippen LogP contribution is -2.02. The number of nitrogens with zero attached hydrogens (tertiary/aromatic N) is 2. The smallest absolute Gasteiger partial charge is 0.132 e. The van der Waals surface area contributed by atoms with Crippen LogP contribution in [0.3, 0.4) is 0 Å². The first-order valence-corrected chi connectivity index (χ1v) is 5.12. The summed E-state index contributed by atoms with van der Waals surface area (Å²) >= 11 is 0. The van der Waals surface area contributed by atoms with Crippen LogP contribution in [0.15, 0.2) is 0 Å². The van der Waals surface area contributed by atoms with Gasteiger partial charge in [0.05, 0.1) is 6.20 Å². The van der Waals surface area contributed by atoms with E-state index >= 15 is 0 Å². The number of aromatic nitrogens is 2. The van der Waals surface area contributed by atoms with Gasteiger partial charge in [-0.25, -0.2) is 9.97 Å². The molecule has 1 saturated carbocycles. The van der Waals surface area contributed by atoms with Gasteiger partial charge in [-0.15, -0.1) is 0 Å². The number of aryl methyl sites for hydroxylation is 2. The van der Waals surface area contributed by atoms with Crippen molar-refractivity contribution in [2.45, 2.75) is 45.4 Å². The van der Waals surface area contributed by atoms with Crippen LogP contribution in [0.4, 0.5) is 0 Å². The van der Waals surface area contributed by atoms with Crippen molar-refractivity contribution in [3.63, 3.8) is 0 Å². The molecule has 13 heavy (non-hydrogen) atoms. The topological polar surface area (TPSA) is 25.8 Å². The first-order chi connectivity index (χ1) is 6.35. The van der Waals surface area contributed by atoms with Gasteiger partial charge in [0.1, 0.15) is 5.82 Å². The van der Waals surface area contributed by atoms with Crippen molar-refractivity contribution in [2.75, 3.05) is 0 Å². The fourth-order valence-electron chi connectivity index (χ4n) is 1.52. The van der Waals surface area contributed by atoms with Gasteiger partial charge in [-0.3, -0.25) is 0 Å². The minimum atomic E-state index is 0.646. The van der Waals surface area contributed by atoms with E-state index in [2.05, 4.69) is 30.0 Å². The summed E-state index contributed by atoms with van der Waals surface area (Å²) in [6.45, 7) is 4.27. The van der Waals surface area contributed by atoms with E-state index in [-0.39, 0.29) is 0 Å². The van der Waals surface area contributed by atoms with Crippen molar-refractivity contribution in [3.05, 3.63) is 23.3 Å². The Balaban J connectivity index is 2.31. The minimum absolute atomic E-state index is 0.646. The Bertz CT molecular complexity index is 303. The van der Waals surface area contributed by atoms with Crippen molar-refractivity contribution in [3.8, 4) is 0 Å². The maximum Gasteiger partial charge on any atom is 0.132 e. The maximum absolute atomic E-state index is 4.58. The van der Waals surface area contributed by atoms with Crippen LogP contribution < -0.4 is 0 Å². The Kier molecular flexibility index (Phi) is 2.30. The van der Waals surface area contributed by atoms with Gasteiger partial charge in [-0.05, 0) is 25.7 Å². The second-order valence-corrected chi connectivity index (χ2v) is 3.60. The van der Waals surface area contributed by atoms with Crippen molar-refractivity contribution in [1.29, 1.82) is 0 Å². The molecule has 0 amide bonds. The molecule has 2 nitrogen and oxygen atoms in total. The monoisotopic (exact) mass is 175 g/mol. The van der Waals surface area contributed by atoms with Gasteiger partial charge in [-0.2, -0.15) is 0 Å². The zero-order chi connectivity index (χ0) is 9.26. The van der Waals surface area contributed by atoms with E-state index < -0.39 is 0 Å². The fraction of sp³-hybridized carbons (Fsp3) is 0.636. The molecule has 0 spiro atoms. The molecule has 1 fully saturated rings. The van der Waals surface area contributed by atoms with E-state index in [0.29, 0.717) is 5.92 Å². The second-order valence-electron chi connectivity index (χ2n) is 3.60. The van der Waals surface area contributed by atoms with Crippen LogP contribution in [0.1, 0.15) is 49.7 Å². The third kappa shape index (κ3) is 1.71. The molecule has 0 atom stereocenters. The Hall–Kier alpha value is -0.920. The van der Waals surface area contributed by atoms with Crippen molar-refractivity contribution >= 4 is 0 Å². The second kappa shape index (κ2) is 3.44. The average molecular weight is 175 g/mol.